The largest absolute Gasteiger partial charge is 0.506 e. The highest BCUT2D eigenvalue weighted by atomic mass is 35.5. The minimum Gasteiger partial charge on any atom is -0.506 e. The molecule has 3 nitrogen and oxygen atoms in total. The Balaban J connectivity index is 2.08. The molecule has 3 aromatic rings. The van der Waals surface area contributed by atoms with E-state index in [1.807, 2.05) is 0 Å². The number of nitrogens with zero attached hydrogens (tertiary/aromatic N) is 1. The van der Waals surface area contributed by atoms with E-state index >= 15 is 0 Å². The average molecular weight is 375 g/mol. The van der Waals surface area contributed by atoms with E-state index in [9.17, 15) is 5.11 Å². The van der Waals surface area contributed by atoms with Crippen LogP contribution in [-0.4, -0.2) is 10.3 Å². The zero-order valence-corrected chi connectivity index (χ0v) is 13.8. The first-order valence-corrected chi connectivity index (χ1v) is 7.57. The van der Waals surface area contributed by atoms with Crippen molar-refractivity contribution in [3.63, 3.8) is 0 Å². The van der Waals surface area contributed by atoms with Gasteiger partial charge in [-0.1, -0.05) is 51.6 Å². The molecule has 22 heavy (non-hydrogen) atoms. The molecule has 0 saturated heterocycles. The van der Waals surface area contributed by atoms with Crippen LogP contribution in [0.4, 0.5) is 0 Å². The van der Waals surface area contributed by atoms with Gasteiger partial charge in [0, 0.05) is 27.2 Å². The predicted molar refractivity (Wildman–Crippen MR) is 89.1 cm³/mol. The summed E-state index contributed by atoms with van der Waals surface area (Å²) in [6, 6.07) is 9.65. The summed E-state index contributed by atoms with van der Waals surface area (Å²) >= 11 is 23.9. The normalized spacial score (nSPS) is 10.9. The van der Waals surface area contributed by atoms with Gasteiger partial charge < -0.3 is 9.63 Å². The van der Waals surface area contributed by atoms with Crippen molar-refractivity contribution in [3.05, 3.63) is 56.5 Å². The maximum atomic E-state index is 10.0. The molecule has 0 atom stereocenters. The molecule has 7 heteroatoms. The van der Waals surface area contributed by atoms with E-state index in [1.165, 1.54) is 6.07 Å². The van der Waals surface area contributed by atoms with Crippen molar-refractivity contribution in [2.24, 2.45) is 0 Å². The van der Waals surface area contributed by atoms with E-state index in [0.29, 0.717) is 37.6 Å². The first-order chi connectivity index (χ1) is 10.5. The lowest BCUT2D eigenvalue weighted by Crippen LogP contribution is -1.80. The maximum absolute atomic E-state index is 10.0. The summed E-state index contributed by atoms with van der Waals surface area (Å²) < 4.78 is 5.29. The SMILES string of the molecule is Oc1c(Cl)cc(Cl)cc1-c1cc(-c2ccc(Cl)cc2Cl)on1. The lowest BCUT2D eigenvalue weighted by atomic mass is 10.1. The number of benzene rings is 2. The minimum absolute atomic E-state index is 0.117. The lowest BCUT2D eigenvalue weighted by Gasteiger charge is -2.03. The molecular formula is C15H7Cl4NO2. The van der Waals surface area contributed by atoms with E-state index in [-0.39, 0.29) is 10.8 Å². The van der Waals surface area contributed by atoms with E-state index in [4.69, 9.17) is 50.9 Å². The third-order valence-corrected chi connectivity index (χ3v) is 4.07. The van der Waals surface area contributed by atoms with Gasteiger partial charge in [-0.2, -0.15) is 0 Å². The topological polar surface area (TPSA) is 46.3 Å². The summed E-state index contributed by atoms with van der Waals surface area (Å²) in [5, 5.41) is 15.4. The Morgan fingerprint density at radius 2 is 1.55 bits per heavy atom. The number of aromatic nitrogens is 1. The zero-order chi connectivity index (χ0) is 15.9. The fourth-order valence-corrected chi connectivity index (χ4v) is 2.97. The van der Waals surface area contributed by atoms with Crippen molar-refractivity contribution in [2.45, 2.75) is 0 Å². The quantitative estimate of drug-likeness (QED) is 0.570. The molecule has 112 valence electrons. The maximum Gasteiger partial charge on any atom is 0.168 e. The molecule has 1 aromatic heterocycles. The molecule has 1 N–H and O–H groups in total. The third-order valence-electron chi connectivity index (χ3n) is 3.01. The molecule has 0 aliphatic rings. The molecule has 2 aromatic carbocycles. The number of aromatic hydroxyl groups is 1. The molecule has 0 aliphatic carbocycles. The fraction of sp³-hybridized carbons (Fsp3) is 0. The molecule has 0 unspecified atom stereocenters. The number of hydrogen-bond acceptors (Lipinski definition) is 3. The number of halogens is 4. The Labute approximate surface area is 146 Å². The van der Waals surface area contributed by atoms with Gasteiger partial charge in [0.2, 0.25) is 0 Å². The van der Waals surface area contributed by atoms with Crippen molar-refractivity contribution in [2.75, 3.05) is 0 Å². The van der Waals surface area contributed by atoms with Gasteiger partial charge in [0.05, 0.1) is 10.0 Å². The zero-order valence-electron chi connectivity index (χ0n) is 10.8. The first-order valence-electron chi connectivity index (χ1n) is 6.06. The second kappa shape index (κ2) is 6.01. The van der Waals surface area contributed by atoms with E-state index in [2.05, 4.69) is 5.16 Å². The van der Waals surface area contributed by atoms with E-state index in [1.54, 1.807) is 30.3 Å². The van der Waals surface area contributed by atoms with Crippen molar-refractivity contribution >= 4 is 46.4 Å². The van der Waals surface area contributed by atoms with Crippen molar-refractivity contribution in [3.8, 4) is 28.3 Å². The monoisotopic (exact) mass is 373 g/mol. The smallest absolute Gasteiger partial charge is 0.168 e. The summed E-state index contributed by atoms with van der Waals surface area (Å²) in [5.74, 6) is 0.320. The number of phenols is 1. The summed E-state index contributed by atoms with van der Waals surface area (Å²) in [7, 11) is 0. The van der Waals surface area contributed by atoms with Gasteiger partial charge in [-0.15, -0.1) is 0 Å². The van der Waals surface area contributed by atoms with Crippen LogP contribution in [-0.2, 0) is 0 Å². The van der Waals surface area contributed by atoms with Gasteiger partial charge in [0.1, 0.15) is 11.4 Å². The average Bonchev–Trinajstić information content (AvgIpc) is 2.92. The summed E-state index contributed by atoms with van der Waals surface area (Å²) in [6.45, 7) is 0. The molecule has 0 saturated carbocycles. The van der Waals surface area contributed by atoms with Crippen molar-refractivity contribution in [1.82, 2.24) is 5.16 Å². The Hall–Kier alpha value is -1.39. The molecule has 0 amide bonds. The highest BCUT2D eigenvalue weighted by molar-refractivity contribution is 6.37. The van der Waals surface area contributed by atoms with E-state index in [0.717, 1.165) is 0 Å². The van der Waals surface area contributed by atoms with Gasteiger partial charge in [0.25, 0.3) is 0 Å². The number of phenolic OH excluding ortho intramolecular Hbond substituents is 1. The van der Waals surface area contributed by atoms with Crippen LogP contribution in [0, 0.1) is 0 Å². The summed E-state index contributed by atoms with van der Waals surface area (Å²) in [5.41, 5.74) is 1.40. The summed E-state index contributed by atoms with van der Waals surface area (Å²) in [4.78, 5) is 0. The Morgan fingerprint density at radius 1 is 0.818 bits per heavy atom. The minimum atomic E-state index is -0.117. The Bertz CT molecular complexity index is 861. The van der Waals surface area contributed by atoms with Crippen LogP contribution in [0.25, 0.3) is 22.6 Å². The second-order valence-electron chi connectivity index (χ2n) is 4.48. The molecular weight excluding hydrogens is 368 g/mol. The summed E-state index contributed by atoms with van der Waals surface area (Å²) in [6.07, 6.45) is 0. The molecule has 0 bridgehead atoms. The molecule has 0 radical (unpaired) electrons. The second-order valence-corrected chi connectivity index (χ2v) is 6.17. The predicted octanol–water partition coefficient (Wildman–Crippen LogP) is 6.33. The van der Waals surface area contributed by atoms with Crippen LogP contribution >= 0.6 is 46.4 Å². The van der Waals surface area contributed by atoms with Crippen molar-refractivity contribution < 1.29 is 9.63 Å². The molecule has 0 spiro atoms. The Morgan fingerprint density at radius 3 is 2.27 bits per heavy atom. The van der Waals surface area contributed by atoms with Gasteiger partial charge in [0.15, 0.2) is 5.76 Å². The van der Waals surface area contributed by atoms with Crippen LogP contribution in [0.1, 0.15) is 0 Å². The van der Waals surface area contributed by atoms with Gasteiger partial charge in [-0.3, -0.25) is 0 Å². The third kappa shape index (κ3) is 2.90. The molecule has 0 fully saturated rings. The first kappa shape index (κ1) is 15.5. The van der Waals surface area contributed by atoms with E-state index < -0.39 is 0 Å². The lowest BCUT2D eigenvalue weighted by molar-refractivity contribution is 0.433. The van der Waals surface area contributed by atoms with Crippen LogP contribution in [0.15, 0.2) is 40.9 Å². The van der Waals surface area contributed by atoms with Crippen molar-refractivity contribution in [1.29, 1.82) is 0 Å². The standard InChI is InChI=1S/C15H7Cl4NO2/c16-7-1-2-9(11(18)4-7)14-6-13(20-22-14)10-3-8(17)5-12(19)15(10)21/h1-6,21H. The Kier molecular flexibility index (Phi) is 4.24. The number of rotatable bonds is 2. The number of hydrogen-bond donors (Lipinski definition) is 1. The molecule has 3 rings (SSSR count). The van der Waals surface area contributed by atoms with Gasteiger partial charge in [-0.25, -0.2) is 0 Å². The van der Waals surface area contributed by atoms with Gasteiger partial charge in [-0.05, 0) is 30.3 Å². The van der Waals surface area contributed by atoms with Gasteiger partial charge >= 0.3 is 0 Å². The molecule has 1 heterocycles. The van der Waals surface area contributed by atoms with Crippen LogP contribution in [0.2, 0.25) is 20.1 Å². The van der Waals surface area contributed by atoms with Crippen LogP contribution < -0.4 is 0 Å². The highest BCUT2D eigenvalue weighted by Gasteiger charge is 2.16. The fourth-order valence-electron chi connectivity index (χ4n) is 1.98. The highest BCUT2D eigenvalue weighted by Crippen LogP contribution is 2.39. The molecule has 0 aliphatic heterocycles. The van der Waals surface area contributed by atoms with Crippen LogP contribution in [0.3, 0.4) is 0 Å². The van der Waals surface area contributed by atoms with Crippen LogP contribution in [0.5, 0.6) is 5.75 Å².